The summed E-state index contributed by atoms with van der Waals surface area (Å²) in [6, 6.07) is 17.0. The van der Waals surface area contributed by atoms with Gasteiger partial charge in [-0.25, -0.2) is 0 Å². The molecule has 114 valence electrons. The molecule has 0 radical (unpaired) electrons. The van der Waals surface area contributed by atoms with Crippen LogP contribution in [0.4, 0.5) is 5.69 Å². The van der Waals surface area contributed by atoms with Gasteiger partial charge in [-0.1, -0.05) is 30.3 Å². The van der Waals surface area contributed by atoms with Crippen molar-refractivity contribution in [1.82, 2.24) is 20.2 Å². The minimum Gasteiger partial charge on any atom is -0.361 e. The molecule has 0 fully saturated rings. The maximum absolute atomic E-state index is 11.6. The lowest BCUT2D eigenvalue weighted by atomic mass is 10.1. The molecule has 0 bridgehead atoms. The summed E-state index contributed by atoms with van der Waals surface area (Å²) < 4.78 is 1.63. The Bertz CT molecular complexity index is 839. The molecule has 1 N–H and O–H groups in total. The number of nitrogens with zero attached hydrogens (tertiary/aromatic N) is 4. The smallest absolute Gasteiger partial charge is 0.181 e. The van der Waals surface area contributed by atoms with Gasteiger partial charge in [0.2, 0.25) is 0 Å². The fraction of sp³-hybridized carbons (Fsp3) is 0.0588. The molecule has 3 aromatic rings. The van der Waals surface area contributed by atoms with Gasteiger partial charge in [-0.2, -0.15) is 4.68 Å². The number of benzene rings is 2. The molecule has 0 spiro atoms. The number of hydrogen-bond acceptors (Lipinski definition) is 5. The van der Waals surface area contributed by atoms with Gasteiger partial charge in [-0.15, -0.1) is 5.10 Å². The first-order valence-electron chi connectivity index (χ1n) is 7.12. The van der Waals surface area contributed by atoms with Crippen molar-refractivity contribution in [2.75, 3.05) is 5.32 Å². The molecule has 6 nitrogen and oxygen atoms in total. The molecular weight excluding hydrogens is 290 g/mol. The van der Waals surface area contributed by atoms with Crippen LogP contribution in [-0.2, 0) is 0 Å². The molecular formula is C17H15N5O. The van der Waals surface area contributed by atoms with Crippen molar-refractivity contribution in [2.24, 2.45) is 0 Å². The molecule has 0 atom stereocenters. The zero-order chi connectivity index (χ0) is 16.1. The summed E-state index contributed by atoms with van der Waals surface area (Å²) in [5.74, 6) is 0.597. The highest BCUT2D eigenvalue weighted by molar-refractivity contribution is 5.99. The minimum absolute atomic E-state index is 0.00983. The van der Waals surface area contributed by atoms with Crippen molar-refractivity contribution in [3.8, 4) is 5.69 Å². The summed E-state index contributed by atoms with van der Waals surface area (Å²) in [4.78, 5) is 11.6. The van der Waals surface area contributed by atoms with Crippen LogP contribution in [0.1, 0.15) is 23.1 Å². The predicted octanol–water partition coefficient (Wildman–Crippen LogP) is 2.95. The number of hydrogen-bond donors (Lipinski definition) is 1. The Morgan fingerprint density at radius 2 is 1.83 bits per heavy atom. The highest BCUT2D eigenvalue weighted by atomic mass is 16.1. The van der Waals surface area contributed by atoms with Gasteiger partial charge in [0.25, 0.3) is 0 Å². The summed E-state index contributed by atoms with van der Waals surface area (Å²) in [7, 11) is 0. The maximum Gasteiger partial charge on any atom is 0.181 e. The van der Waals surface area contributed by atoms with Crippen molar-refractivity contribution in [1.29, 1.82) is 0 Å². The predicted molar refractivity (Wildman–Crippen MR) is 88.3 cm³/mol. The minimum atomic E-state index is 0.00983. The van der Waals surface area contributed by atoms with Gasteiger partial charge in [-0.3, -0.25) is 4.79 Å². The highest BCUT2D eigenvalue weighted by Gasteiger charge is 2.06. The van der Waals surface area contributed by atoms with Gasteiger partial charge >= 0.3 is 0 Å². The van der Waals surface area contributed by atoms with Crippen LogP contribution in [0.2, 0.25) is 0 Å². The monoisotopic (exact) mass is 305 g/mol. The van der Waals surface area contributed by atoms with Crippen molar-refractivity contribution in [3.05, 3.63) is 72.2 Å². The molecule has 1 heterocycles. The molecule has 2 aromatic carbocycles. The van der Waals surface area contributed by atoms with Crippen molar-refractivity contribution in [3.63, 3.8) is 0 Å². The van der Waals surface area contributed by atoms with Gasteiger partial charge in [0.05, 0.1) is 5.69 Å². The zero-order valence-corrected chi connectivity index (χ0v) is 12.5. The summed E-state index contributed by atoms with van der Waals surface area (Å²) in [5.41, 5.74) is 2.26. The summed E-state index contributed by atoms with van der Waals surface area (Å²) in [5, 5.41) is 14.8. The molecule has 0 amide bonds. The largest absolute Gasteiger partial charge is 0.361 e. The number of nitrogens with one attached hydrogen (secondary N) is 1. The van der Waals surface area contributed by atoms with Gasteiger partial charge in [0, 0.05) is 23.5 Å². The Hall–Kier alpha value is -3.28. The Balaban J connectivity index is 1.81. The molecule has 0 saturated carbocycles. The number of anilines is 1. The summed E-state index contributed by atoms with van der Waals surface area (Å²) in [6.07, 6.45) is 3.47. The van der Waals surface area contributed by atoms with Crippen LogP contribution in [0.5, 0.6) is 0 Å². The van der Waals surface area contributed by atoms with E-state index in [2.05, 4.69) is 20.8 Å². The number of ketones is 1. The summed E-state index contributed by atoms with van der Waals surface area (Å²) in [6.45, 7) is 1.54. The third-order valence-electron chi connectivity index (χ3n) is 3.27. The topological polar surface area (TPSA) is 72.7 Å². The number of carbonyl (C=O) groups excluding carboxylic acids is 1. The molecule has 0 aliphatic carbocycles. The maximum atomic E-state index is 11.6. The summed E-state index contributed by atoms with van der Waals surface area (Å²) >= 11 is 0. The lowest BCUT2D eigenvalue weighted by Gasteiger charge is -2.06. The van der Waals surface area contributed by atoms with Gasteiger partial charge in [0.15, 0.2) is 11.6 Å². The third-order valence-corrected chi connectivity index (χ3v) is 3.27. The van der Waals surface area contributed by atoms with E-state index in [0.717, 1.165) is 11.4 Å². The standard InChI is InChI=1S/C17H15N5O/c1-13(23)15-9-5-6-10-16(15)18-12-11-17-19-20-21-22(17)14-7-3-2-4-8-14/h2-12,18H,1H3. The fourth-order valence-electron chi connectivity index (χ4n) is 2.17. The second-order valence-corrected chi connectivity index (χ2v) is 4.86. The molecule has 0 aliphatic heterocycles. The number of Topliss-reactive ketones (excluding diaryl/α,β-unsaturated/α-hetero) is 1. The van der Waals surface area contributed by atoms with E-state index >= 15 is 0 Å². The van der Waals surface area contributed by atoms with E-state index in [1.807, 2.05) is 48.5 Å². The van der Waals surface area contributed by atoms with Crippen molar-refractivity contribution < 1.29 is 4.79 Å². The Labute approximate surface area is 133 Å². The van der Waals surface area contributed by atoms with Crippen molar-refractivity contribution in [2.45, 2.75) is 6.92 Å². The van der Waals surface area contributed by atoms with E-state index in [-0.39, 0.29) is 5.78 Å². The van der Waals surface area contributed by atoms with E-state index in [1.165, 1.54) is 0 Å². The van der Waals surface area contributed by atoms with Crippen LogP contribution < -0.4 is 5.32 Å². The molecule has 0 unspecified atom stereocenters. The van der Waals surface area contributed by atoms with Crippen molar-refractivity contribution >= 4 is 17.5 Å². The number of carbonyl (C=O) groups is 1. The third kappa shape index (κ3) is 3.32. The van der Waals surface area contributed by atoms with E-state index < -0.39 is 0 Å². The second kappa shape index (κ2) is 6.65. The normalized spacial score (nSPS) is 10.8. The molecule has 0 aliphatic rings. The molecule has 6 heteroatoms. The zero-order valence-electron chi connectivity index (χ0n) is 12.5. The van der Waals surface area contributed by atoms with Gasteiger partial charge in [-0.05, 0) is 41.6 Å². The van der Waals surface area contributed by atoms with Crippen LogP contribution >= 0.6 is 0 Å². The first-order chi connectivity index (χ1) is 11.3. The van der Waals surface area contributed by atoms with Crippen LogP contribution in [0.3, 0.4) is 0 Å². The second-order valence-electron chi connectivity index (χ2n) is 4.86. The fourth-order valence-corrected chi connectivity index (χ4v) is 2.17. The van der Waals surface area contributed by atoms with Gasteiger partial charge in [0.1, 0.15) is 0 Å². The first kappa shape index (κ1) is 14.6. The number of para-hydroxylation sites is 2. The average molecular weight is 305 g/mol. The molecule has 3 rings (SSSR count). The van der Waals surface area contributed by atoms with E-state index in [0.29, 0.717) is 11.4 Å². The Morgan fingerprint density at radius 1 is 1.09 bits per heavy atom. The van der Waals surface area contributed by atoms with E-state index in [4.69, 9.17) is 0 Å². The van der Waals surface area contributed by atoms with E-state index in [1.54, 1.807) is 29.9 Å². The van der Waals surface area contributed by atoms with Crippen LogP contribution in [0, 0.1) is 0 Å². The lowest BCUT2D eigenvalue weighted by molar-refractivity contribution is 0.101. The number of tetrazole rings is 1. The van der Waals surface area contributed by atoms with Gasteiger partial charge < -0.3 is 5.32 Å². The molecule has 1 aromatic heterocycles. The van der Waals surface area contributed by atoms with Crippen LogP contribution in [0.25, 0.3) is 11.8 Å². The molecule has 23 heavy (non-hydrogen) atoms. The number of rotatable bonds is 5. The Kier molecular flexibility index (Phi) is 4.24. The molecule has 0 saturated heterocycles. The lowest BCUT2D eigenvalue weighted by Crippen LogP contribution is -2.01. The van der Waals surface area contributed by atoms with Crippen LogP contribution in [-0.4, -0.2) is 26.0 Å². The number of aromatic nitrogens is 4. The highest BCUT2D eigenvalue weighted by Crippen LogP contribution is 2.16. The SMILES string of the molecule is CC(=O)c1ccccc1NC=Cc1nnnn1-c1ccccc1. The Morgan fingerprint density at radius 3 is 2.61 bits per heavy atom. The first-order valence-corrected chi connectivity index (χ1v) is 7.12. The van der Waals surface area contributed by atoms with E-state index in [9.17, 15) is 4.79 Å². The average Bonchev–Trinajstić information content (AvgIpc) is 3.04. The van der Waals surface area contributed by atoms with Crippen LogP contribution in [0.15, 0.2) is 60.8 Å². The quantitative estimate of drug-likeness (QED) is 0.734.